The smallest absolute Gasteiger partial charge is 0.225 e. The summed E-state index contributed by atoms with van der Waals surface area (Å²) in [5.41, 5.74) is 7.45. The van der Waals surface area contributed by atoms with Crippen molar-refractivity contribution in [1.82, 2.24) is 19.4 Å². The number of nitrogens with zero attached hydrogens (tertiary/aromatic N) is 5. The van der Waals surface area contributed by atoms with E-state index in [-0.39, 0.29) is 12.2 Å². The molecular weight excluding hydrogens is 402 g/mol. The molecule has 0 radical (unpaired) electrons. The van der Waals surface area contributed by atoms with Gasteiger partial charge in [0.15, 0.2) is 0 Å². The summed E-state index contributed by atoms with van der Waals surface area (Å²) in [5, 5.41) is 0. The molecule has 4 aromatic rings. The van der Waals surface area contributed by atoms with Gasteiger partial charge in [-0.1, -0.05) is 24.3 Å². The average molecular weight is 428 g/mol. The summed E-state index contributed by atoms with van der Waals surface area (Å²) in [6, 6.07) is 12.6. The molecular formula is C25H25N5O2. The van der Waals surface area contributed by atoms with Crippen LogP contribution in [0.4, 0.5) is 5.95 Å². The van der Waals surface area contributed by atoms with E-state index in [1.807, 2.05) is 18.5 Å². The van der Waals surface area contributed by atoms with Crippen LogP contribution in [0.15, 0.2) is 55.0 Å². The van der Waals surface area contributed by atoms with Crippen molar-refractivity contribution in [3.05, 3.63) is 77.5 Å². The molecule has 0 saturated carbocycles. The average Bonchev–Trinajstić information content (AvgIpc) is 3.35. The monoisotopic (exact) mass is 427 g/mol. The minimum Gasteiger partial charge on any atom is -0.378 e. The number of rotatable bonds is 3. The summed E-state index contributed by atoms with van der Waals surface area (Å²) in [5.74, 6) is 0.752. The molecule has 3 aromatic heterocycles. The van der Waals surface area contributed by atoms with Crippen LogP contribution < -0.4 is 4.90 Å². The zero-order valence-corrected chi connectivity index (χ0v) is 18.2. The highest BCUT2D eigenvalue weighted by Gasteiger charge is 2.33. The number of fused-ring (bicyclic) bond motifs is 2. The Hall–Kier alpha value is -3.29. The van der Waals surface area contributed by atoms with E-state index in [1.165, 1.54) is 11.1 Å². The molecule has 0 aliphatic carbocycles. The van der Waals surface area contributed by atoms with Crippen LogP contribution in [-0.2, 0) is 9.47 Å². The van der Waals surface area contributed by atoms with Crippen molar-refractivity contribution in [3.8, 4) is 11.1 Å². The van der Waals surface area contributed by atoms with Crippen molar-refractivity contribution in [2.45, 2.75) is 26.1 Å². The summed E-state index contributed by atoms with van der Waals surface area (Å²) in [7, 11) is 0. The molecule has 2 aliphatic heterocycles. The van der Waals surface area contributed by atoms with Gasteiger partial charge in [0.05, 0.1) is 30.7 Å². The first-order valence-electron chi connectivity index (χ1n) is 11.1. The summed E-state index contributed by atoms with van der Waals surface area (Å²) >= 11 is 0. The van der Waals surface area contributed by atoms with Gasteiger partial charge in [-0.25, -0.2) is 15.0 Å². The topological polar surface area (TPSA) is 64.8 Å². The second-order valence-electron chi connectivity index (χ2n) is 8.39. The molecule has 162 valence electrons. The second kappa shape index (κ2) is 7.69. The number of aromatic nitrogens is 4. The second-order valence-corrected chi connectivity index (χ2v) is 8.39. The zero-order valence-electron chi connectivity index (χ0n) is 18.2. The maximum Gasteiger partial charge on any atom is 0.225 e. The maximum atomic E-state index is 6.39. The van der Waals surface area contributed by atoms with Crippen molar-refractivity contribution in [3.63, 3.8) is 0 Å². The molecule has 2 aliphatic rings. The van der Waals surface area contributed by atoms with Crippen LogP contribution >= 0.6 is 0 Å². The first-order chi connectivity index (χ1) is 15.7. The maximum absolute atomic E-state index is 6.39. The highest BCUT2D eigenvalue weighted by atomic mass is 16.5. The Morgan fingerprint density at radius 3 is 2.47 bits per heavy atom. The van der Waals surface area contributed by atoms with Crippen LogP contribution in [0.1, 0.15) is 41.6 Å². The number of hydrogen-bond acceptors (Lipinski definition) is 6. The van der Waals surface area contributed by atoms with Gasteiger partial charge in [0.25, 0.3) is 0 Å². The van der Waals surface area contributed by atoms with Gasteiger partial charge in [0.2, 0.25) is 5.95 Å². The Balaban J connectivity index is 1.38. The largest absolute Gasteiger partial charge is 0.378 e. The first kappa shape index (κ1) is 19.4. The third-order valence-corrected chi connectivity index (χ3v) is 6.41. The van der Waals surface area contributed by atoms with Gasteiger partial charge in [-0.3, -0.25) is 0 Å². The van der Waals surface area contributed by atoms with Crippen LogP contribution in [0.3, 0.4) is 0 Å². The highest BCUT2D eigenvalue weighted by molar-refractivity contribution is 5.64. The standard InChI is InChI=1S/C25H25N5O2/c1-16-23(24-21-6-4-3-5-20(21)17(2)32-24)30-15-18(7-8-22(30)28-16)19-13-26-25(27-14-19)29-9-11-31-12-10-29/h3-8,13-15,17,24H,9-12H2,1-2H3/t17-,24-/m0/s1. The SMILES string of the molecule is Cc1nc2ccc(-c3cnc(N4CCOCC4)nc3)cn2c1[C@H]1O[C@@H](C)c2ccccc21. The summed E-state index contributed by atoms with van der Waals surface area (Å²) in [6.07, 6.45) is 5.83. The number of ether oxygens (including phenoxy) is 2. The minimum absolute atomic E-state index is 0.0606. The predicted molar refractivity (Wildman–Crippen MR) is 122 cm³/mol. The van der Waals surface area contributed by atoms with Crippen LogP contribution in [0, 0.1) is 6.92 Å². The number of pyridine rings is 1. The molecule has 0 spiro atoms. The zero-order chi connectivity index (χ0) is 21.7. The molecule has 5 heterocycles. The lowest BCUT2D eigenvalue weighted by atomic mass is 10.00. The Bertz CT molecular complexity index is 1280. The number of aryl methyl sites for hydroxylation is 1. The Morgan fingerprint density at radius 2 is 1.69 bits per heavy atom. The number of benzene rings is 1. The van der Waals surface area contributed by atoms with E-state index in [0.717, 1.165) is 60.4 Å². The highest BCUT2D eigenvalue weighted by Crippen LogP contribution is 2.43. The fourth-order valence-corrected chi connectivity index (χ4v) is 4.75. The van der Waals surface area contributed by atoms with Gasteiger partial charge in [-0.05, 0) is 37.1 Å². The normalized spacial score (nSPS) is 20.6. The number of morpholine rings is 1. The molecule has 0 bridgehead atoms. The number of hydrogen-bond donors (Lipinski definition) is 0. The van der Waals surface area contributed by atoms with Crippen LogP contribution in [-0.4, -0.2) is 45.7 Å². The molecule has 0 N–H and O–H groups in total. The Labute approximate surface area is 186 Å². The van der Waals surface area contributed by atoms with E-state index in [0.29, 0.717) is 0 Å². The van der Waals surface area contributed by atoms with Crippen LogP contribution in [0.5, 0.6) is 0 Å². The van der Waals surface area contributed by atoms with E-state index in [4.69, 9.17) is 14.5 Å². The van der Waals surface area contributed by atoms with Crippen molar-refractivity contribution in [1.29, 1.82) is 0 Å². The lowest BCUT2D eigenvalue weighted by Crippen LogP contribution is -2.37. The summed E-state index contributed by atoms with van der Waals surface area (Å²) < 4.78 is 14.0. The fourth-order valence-electron chi connectivity index (χ4n) is 4.75. The van der Waals surface area contributed by atoms with Crippen molar-refractivity contribution in [2.24, 2.45) is 0 Å². The molecule has 0 amide bonds. The molecule has 1 saturated heterocycles. The third kappa shape index (κ3) is 3.16. The van der Waals surface area contributed by atoms with Gasteiger partial charge >= 0.3 is 0 Å². The molecule has 2 atom stereocenters. The van der Waals surface area contributed by atoms with E-state index >= 15 is 0 Å². The molecule has 1 fully saturated rings. The van der Waals surface area contributed by atoms with Crippen molar-refractivity contribution >= 4 is 11.6 Å². The van der Waals surface area contributed by atoms with Crippen molar-refractivity contribution in [2.75, 3.05) is 31.2 Å². The van der Waals surface area contributed by atoms with E-state index in [1.54, 1.807) is 0 Å². The molecule has 7 nitrogen and oxygen atoms in total. The summed E-state index contributed by atoms with van der Waals surface area (Å²) in [6.45, 7) is 7.24. The van der Waals surface area contributed by atoms with Gasteiger partial charge in [-0.2, -0.15) is 0 Å². The Morgan fingerprint density at radius 1 is 0.938 bits per heavy atom. The van der Waals surface area contributed by atoms with Crippen molar-refractivity contribution < 1.29 is 9.47 Å². The lowest BCUT2D eigenvalue weighted by molar-refractivity contribution is 0.0424. The quantitative estimate of drug-likeness (QED) is 0.490. The lowest BCUT2D eigenvalue weighted by Gasteiger charge is -2.26. The minimum atomic E-state index is -0.133. The first-order valence-corrected chi connectivity index (χ1v) is 11.1. The predicted octanol–water partition coefficient (Wildman–Crippen LogP) is 4.12. The third-order valence-electron chi connectivity index (χ3n) is 6.41. The van der Waals surface area contributed by atoms with Crippen LogP contribution in [0.25, 0.3) is 16.8 Å². The van der Waals surface area contributed by atoms with E-state index < -0.39 is 0 Å². The van der Waals surface area contributed by atoms with E-state index in [2.05, 4.69) is 69.6 Å². The molecule has 6 rings (SSSR count). The number of imidazole rings is 1. The molecule has 1 aromatic carbocycles. The molecule has 7 heteroatoms. The van der Waals surface area contributed by atoms with Crippen LogP contribution in [0.2, 0.25) is 0 Å². The Kier molecular flexibility index (Phi) is 4.66. The van der Waals surface area contributed by atoms with Gasteiger partial charge in [0, 0.05) is 42.8 Å². The number of anilines is 1. The fraction of sp³-hybridized carbons (Fsp3) is 0.320. The van der Waals surface area contributed by atoms with Gasteiger partial charge in [0.1, 0.15) is 11.8 Å². The van der Waals surface area contributed by atoms with Gasteiger partial charge in [-0.15, -0.1) is 0 Å². The summed E-state index contributed by atoms with van der Waals surface area (Å²) in [4.78, 5) is 16.2. The molecule has 32 heavy (non-hydrogen) atoms. The molecule has 0 unspecified atom stereocenters. The van der Waals surface area contributed by atoms with Gasteiger partial charge < -0.3 is 18.8 Å². The van der Waals surface area contributed by atoms with E-state index in [9.17, 15) is 0 Å².